The molecule has 2 atom stereocenters. The molecule has 0 aliphatic rings. The third-order valence-corrected chi connectivity index (χ3v) is 17.1. The first kappa shape index (κ1) is 79.8. The Labute approximate surface area is 512 Å². The molecule has 0 aliphatic carbocycles. The minimum atomic E-state index is -0.844. The Morgan fingerprint density at radius 2 is 0.610 bits per heavy atom. The maximum Gasteiger partial charge on any atom is 0.305 e. The van der Waals surface area contributed by atoms with Crippen molar-refractivity contribution in [3.8, 4) is 0 Å². The summed E-state index contributed by atoms with van der Waals surface area (Å²) in [6.07, 6.45) is 93.5. The van der Waals surface area contributed by atoms with E-state index in [-0.39, 0.29) is 18.5 Å². The van der Waals surface area contributed by atoms with Gasteiger partial charge in [0, 0.05) is 12.8 Å². The molecule has 82 heavy (non-hydrogen) atoms. The molecule has 0 heterocycles. The highest BCUT2D eigenvalue weighted by Gasteiger charge is 2.18. The molecule has 6 nitrogen and oxygen atoms in total. The summed E-state index contributed by atoms with van der Waals surface area (Å²) in [6.45, 7) is 4.92. The van der Waals surface area contributed by atoms with Crippen molar-refractivity contribution in [2.24, 2.45) is 0 Å². The van der Waals surface area contributed by atoms with E-state index >= 15 is 0 Å². The summed E-state index contributed by atoms with van der Waals surface area (Å²) >= 11 is 0. The fourth-order valence-corrected chi connectivity index (χ4v) is 11.4. The second-order valence-electron chi connectivity index (χ2n) is 25.3. The zero-order valence-corrected chi connectivity index (χ0v) is 55.2. The summed E-state index contributed by atoms with van der Waals surface area (Å²) in [5.74, 6) is -0.0570. The second-order valence-corrected chi connectivity index (χ2v) is 25.3. The molecule has 0 aliphatic heterocycles. The lowest BCUT2D eigenvalue weighted by molar-refractivity contribution is -0.143. The molecule has 0 aromatic carbocycles. The summed E-state index contributed by atoms with van der Waals surface area (Å²) in [4.78, 5) is 24.6. The molecule has 0 aromatic heterocycles. The summed E-state index contributed by atoms with van der Waals surface area (Å²) < 4.78 is 5.49. The Kier molecular flexibility index (Phi) is 69.4. The number of hydrogen-bond acceptors (Lipinski definition) is 5. The lowest BCUT2D eigenvalue weighted by atomic mass is 10.0. The molecule has 0 spiro atoms. The van der Waals surface area contributed by atoms with Crippen LogP contribution in [0.3, 0.4) is 0 Å². The van der Waals surface area contributed by atoms with Gasteiger partial charge in [0.15, 0.2) is 0 Å². The van der Waals surface area contributed by atoms with Gasteiger partial charge in [-0.25, -0.2) is 0 Å². The van der Waals surface area contributed by atoms with Crippen LogP contribution in [-0.2, 0) is 14.3 Å². The highest BCUT2D eigenvalue weighted by molar-refractivity contribution is 5.76. The van der Waals surface area contributed by atoms with Crippen molar-refractivity contribution < 1.29 is 24.5 Å². The summed E-state index contributed by atoms with van der Waals surface area (Å²) in [5.41, 5.74) is 0. The van der Waals surface area contributed by atoms with Crippen molar-refractivity contribution in [2.45, 2.75) is 411 Å². The molecule has 0 fully saturated rings. The van der Waals surface area contributed by atoms with E-state index in [2.05, 4.69) is 55.6 Å². The van der Waals surface area contributed by atoms with Gasteiger partial charge in [-0.2, -0.15) is 0 Å². The van der Waals surface area contributed by atoms with Crippen LogP contribution in [0.25, 0.3) is 0 Å². The molecule has 0 bridgehead atoms. The summed E-state index contributed by atoms with van der Waals surface area (Å²) in [7, 11) is 0. The minimum absolute atomic E-state index is 0.00677. The molecule has 0 aromatic rings. The quantitative estimate of drug-likeness (QED) is 0.0320. The minimum Gasteiger partial charge on any atom is -0.466 e. The predicted octanol–water partition coefficient (Wildman–Crippen LogP) is 24.0. The molecule has 482 valence electrons. The zero-order valence-electron chi connectivity index (χ0n) is 55.2. The third-order valence-electron chi connectivity index (χ3n) is 17.1. The Bertz CT molecular complexity index is 1370. The topological polar surface area (TPSA) is 95.9 Å². The number of allylic oxidation sites excluding steroid dienone is 7. The molecule has 0 saturated heterocycles. The first-order valence-electron chi connectivity index (χ1n) is 36.9. The number of rotatable bonds is 69. The number of unbranched alkanes of at least 4 members (excludes halogenated alkanes) is 52. The lowest BCUT2D eigenvalue weighted by Crippen LogP contribution is -2.45. The van der Waals surface area contributed by atoms with Crippen molar-refractivity contribution in [2.75, 3.05) is 13.2 Å². The summed E-state index contributed by atoms with van der Waals surface area (Å²) in [6, 6.07) is -0.627. The van der Waals surface area contributed by atoms with E-state index in [0.29, 0.717) is 19.4 Å². The number of carbonyl (C=O) groups is 2. The van der Waals surface area contributed by atoms with Gasteiger partial charge in [-0.05, 0) is 89.9 Å². The van der Waals surface area contributed by atoms with Crippen LogP contribution < -0.4 is 5.32 Å². The predicted molar refractivity (Wildman–Crippen MR) is 361 cm³/mol. The Hall–Kier alpha value is -2.18. The number of aliphatic hydroxyl groups is 2. The molecule has 0 rings (SSSR count). The number of ether oxygens (including phenoxy) is 1. The maximum atomic E-state index is 12.5. The molecule has 2 unspecified atom stereocenters. The van der Waals surface area contributed by atoms with Crippen LogP contribution in [0.1, 0.15) is 399 Å². The van der Waals surface area contributed by atoms with Crippen LogP contribution >= 0.6 is 0 Å². The van der Waals surface area contributed by atoms with Crippen molar-refractivity contribution >= 4 is 11.9 Å². The van der Waals surface area contributed by atoms with Crippen LogP contribution in [0.15, 0.2) is 48.6 Å². The molecule has 1 amide bonds. The molecule has 3 N–H and O–H groups in total. The van der Waals surface area contributed by atoms with E-state index in [9.17, 15) is 19.8 Å². The highest BCUT2D eigenvalue weighted by Crippen LogP contribution is 2.18. The largest absolute Gasteiger partial charge is 0.466 e. The Morgan fingerprint density at radius 1 is 0.341 bits per heavy atom. The number of aliphatic hydroxyl groups excluding tert-OH is 2. The number of nitrogens with one attached hydrogen (secondary N) is 1. The van der Waals surface area contributed by atoms with Crippen LogP contribution in [0.2, 0.25) is 0 Å². The molecular formula is C76H143NO5. The third kappa shape index (κ3) is 67.0. The molecule has 6 heteroatoms. The van der Waals surface area contributed by atoms with E-state index in [0.717, 1.165) is 51.4 Å². The van der Waals surface area contributed by atoms with E-state index in [4.69, 9.17) is 4.74 Å². The first-order valence-corrected chi connectivity index (χ1v) is 36.9. The lowest BCUT2D eigenvalue weighted by Gasteiger charge is -2.20. The van der Waals surface area contributed by atoms with Gasteiger partial charge in [-0.1, -0.05) is 345 Å². The van der Waals surface area contributed by atoms with E-state index in [1.807, 2.05) is 6.08 Å². The number of hydrogen-bond donors (Lipinski definition) is 3. The van der Waals surface area contributed by atoms with Crippen molar-refractivity contribution in [1.29, 1.82) is 0 Å². The monoisotopic (exact) mass is 1150 g/mol. The maximum absolute atomic E-state index is 12.5. The molecule has 0 saturated carbocycles. The van der Waals surface area contributed by atoms with E-state index < -0.39 is 12.1 Å². The van der Waals surface area contributed by atoms with Crippen molar-refractivity contribution in [3.05, 3.63) is 48.6 Å². The average molecular weight is 1150 g/mol. The molecule has 0 radical (unpaired) electrons. The normalized spacial score (nSPS) is 12.8. The Balaban J connectivity index is 3.39. The fourth-order valence-electron chi connectivity index (χ4n) is 11.4. The van der Waals surface area contributed by atoms with Gasteiger partial charge in [0.1, 0.15) is 0 Å². The summed E-state index contributed by atoms with van der Waals surface area (Å²) in [5, 5.41) is 23.2. The van der Waals surface area contributed by atoms with Crippen molar-refractivity contribution in [1.82, 2.24) is 5.32 Å². The average Bonchev–Trinajstić information content (AvgIpc) is 3.48. The van der Waals surface area contributed by atoms with Gasteiger partial charge >= 0.3 is 5.97 Å². The standard InChI is InChI=1S/C76H143NO5/c1-3-5-7-9-11-13-15-17-19-40-44-48-52-56-60-64-68-74(79)73(72-78)77-75(80)69-65-61-57-53-49-45-41-38-36-34-32-30-28-26-24-22-21-23-25-27-29-31-33-35-37-39-43-47-51-55-59-63-67-71-82-76(81)70-66-62-58-54-50-46-42-20-18-16-14-12-10-8-6-4-2/h20,25,27,31,33,42,64,68,73-74,78-79H,3-19,21-24,26,28-30,32,34-41,43-63,65-67,69-72H2,1-2H3,(H,77,80)/b27-25-,33-31-,42-20-,68-64+. The number of esters is 1. The number of amides is 1. The van der Waals surface area contributed by atoms with Crippen molar-refractivity contribution in [3.63, 3.8) is 0 Å². The van der Waals surface area contributed by atoms with Gasteiger partial charge in [-0.3, -0.25) is 9.59 Å². The van der Waals surface area contributed by atoms with Crippen LogP contribution in [0.4, 0.5) is 0 Å². The second kappa shape index (κ2) is 71.3. The van der Waals surface area contributed by atoms with Gasteiger partial charge in [0.2, 0.25) is 5.91 Å². The van der Waals surface area contributed by atoms with Gasteiger partial charge < -0.3 is 20.3 Å². The van der Waals surface area contributed by atoms with Crippen LogP contribution in [-0.4, -0.2) is 47.4 Å². The fraction of sp³-hybridized carbons (Fsp3) is 0.868. The van der Waals surface area contributed by atoms with E-state index in [1.165, 1.54) is 321 Å². The van der Waals surface area contributed by atoms with Crippen LogP contribution in [0, 0.1) is 0 Å². The van der Waals surface area contributed by atoms with E-state index in [1.54, 1.807) is 6.08 Å². The zero-order chi connectivity index (χ0) is 59.2. The molecular weight excluding hydrogens is 1010 g/mol. The Morgan fingerprint density at radius 3 is 0.939 bits per heavy atom. The number of carbonyl (C=O) groups excluding carboxylic acids is 2. The smallest absolute Gasteiger partial charge is 0.305 e. The first-order chi connectivity index (χ1) is 40.5. The van der Waals surface area contributed by atoms with Crippen LogP contribution in [0.5, 0.6) is 0 Å². The van der Waals surface area contributed by atoms with Gasteiger partial charge in [-0.15, -0.1) is 0 Å². The van der Waals surface area contributed by atoms with Gasteiger partial charge in [0.05, 0.1) is 25.4 Å². The van der Waals surface area contributed by atoms with Gasteiger partial charge in [0.25, 0.3) is 0 Å². The highest BCUT2D eigenvalue weighted by atomic mass is 16.5. The SMILES string of the molecule is CCCCCCCCC/C=C\CCCCCCCC(=O)OCCCCCCCCCCC/C=C\C/C=C\CCCCCCCCCCCCCCCCCCCC(=O)NC(CO)C(O)/C=C/CCCCCCCCCCCCCCCC.